The Bertz CT molecular complexity index is 1080. The molecule has 0 atom stereocenters. The summed E-state index contributed by atoms with van der Waals surface area (Å²) >= 11 is 1.32. The van der Waals surface area contributed by atoms with E-state index < -0.39 is 4.92 Å². The number of hydrogen-bond acceptors (Lipinski definition) is 6. The van der Waals surface area contributed by atoms with Crippen molar-refractivity contribution in [2.75, 3.05) is 32.1 Å². The minimum Gasteiger partial charge on any atom is -0.309 e. The maximum absolute atomic E-state index is 13.2. The molecular formula is C22H26N4O3S. The molecule has 0 unspecified atom stereocenters. The topological polar surface area (TPSA) is 79.6 Å². The summed E-state index contributed by atoms with van der Waals surface area (Å²) in [5.74, 6) is -0.0192. The van der Waals surface area contributed by atoms with Gasteiger partial charge in [0.05, 0.1) is 21.6 Å². The molecule has 0 aliphatic carbocycles. The predicted octanol–water partition coefficient (Wildman–Crippen LogP) is 4.35. The first kappa shape index (κ1) is 21.9. The van der Waals surface area contributed by atoms with E-state index in [1.807, 2.05) is 40.1 Å². The summed E-state index contributed by atoms with van der Waals surface area (Å²) in [5.41, 5.74) is 3.95. The lowest BCUT2D eigenvalue weighted by molar-refractivity contribution is -0.384. The highest BCUT2D eigenvalue weighted by Crippen LogP contribution is 2.32. The van der Waals surface area contributed by atoms with Gasteiger partial charge in [-0.3, -0.25) is 19.8 Å². The van der Waals surface area contributed by atoms with Gasteiger partial charge in [0.15, 0.2) is 5.13 Å². The maximum Gasteiger partial charge on any atom is 0.270 e. The highest BCUT2D eigenvalue weighted by molar-refractivity contribution is 7.22. The summed E-state index contributed by atoms with van der Waals surface area (Å²) in [6.07, 6.45) is 1.10. The lowest BCUT2D eigenvalue weighted by Crippen LogP contribution is -2.34. The Morgan fingerprint density at radius 3 is 2.57 bits per heavy atom. The second-order valence-corrected chi connectivity index (χ2v) is 8.72. The van der Waals surface area contributed by atoms with Gasteiger partial charge in [-0.2, -0.15) is 0 Å². The van der Waals surface area contributed by atoms with E-state index in [2.05, 4.69) is 16.0 Å². The fourth-order valence-electron chi connectivity index (χ4n) is 3.30. The predicted molar refractivity (Wildman–Crippen MR) is 121 cm³/mol. The van der Waals surface area contributed by atoms with E-state index in [9.17, 15) is 14.9 Å². The second-order valence-electron chi connectivity index (χ2n) is 7.71. The Labute approximate surface area is 180 Å². The molecule has 0 saturated heterocycles. The minimum absolute atomic E-state index is 0.0192. The van der Waals surface area contributed by atoms with E-state index in [0.29, 0.717) is 28.3 Å². The molecule has 0 aliphatic heterocycles. The van der Waals surface area contributed by atoms with Crippen molar-refractivity contribution in [1.29, 1.82) is 0 Å². The van der Waals surface area contributed by atoms with Crippen molar-refractivity contribution in [3.05, 3.63) is 63.2 Å². The van der Waals surface area contributed by atoms with Crippen LogP contribution in [-0.2, 0) is 11.2 Å². The summed E-state index contributed by atoms with van der Waals surface area (Å²) in [6.45, 7) is 5.45. The van der Waals surface area contributed by atoms with Crippen molar-refractivity contribution in [2.45, 2.75) is 26.7 Å². The molecule has 3 rings (SSSR count). The van der Waals surface area contributed by atoms with Crippen LogP contribution in [0.4, 0.5) is 10.8 Å². The van der Waals surface area contributed by atoms with Crippen molar-refractivity contribution >= 4 is 38.3 Å². The molecule has 1 aromatic heterocycles. The fourth-order valence-corrected chi connectivity index (χ4v) is 4.35. The Balaban J connectivity index is 1.90. The first-order chi connectivity index (χ1) is 14.2. The number of carbonyl (C=O) groups excluding carboxylic acids is 1. The van der Waals surface area contributed by atoms with Crippen LogP contribution in [0.5, 0.6) is 0 Å². The highest BCUT2D eigenvalue weighted by Gasteiger charge is 2.21. The van der Waals surface area contributed by atoms with Crippen LogP contribution >= 0.6 is 11.3 Å². The number of aromatic nitrogens is 1. The van der Waals surface area contributed by atoms with Crippen molar-refractivity contribution in [1.82, 2.24) is 9.88 Å². The van der Waals surface area contributed by atoms with Gasteiger partial charge in [0.2, 0.25) is 5.91 Å². The second kappa shape index (κ2) is 9.32. The Hall–Kier alpha value is -2.84. The fraction of sp³-hybridized carbons (Fsp3) is 0.364. The molecule has 8 heteroatoms. The Kier molecular flexibility index (Phi) is 6.79. The number of anilines is 1. The number of hydrogen-bond donors (Lipinski definition) is 0. The molecule has 7 nitrogen and oxygen atoms in total. The zero-order valence-corrected chi connectivity index (χ0v) is 18.5. The average molecular weight is 427 g/mol. The average Bonchev–Trinajstić information content (AvgIpc) is 3.09. The molecule has 1 heterocycles. The molecule has 0 spiro atoms. The number of fused-ring (bicyclic) bond motifs is 1. The minimum atomic E-state index is -0.418. The lowest BCUT2D eigenvalue weighted by atomic mass is 10.0. The molecule has 158 valence electrons. The van der Waals surface area contributed by atoms with Crippen LogP contribution in [0, 0.1) is 24.0 Å². The van der Waals surface area contributed by atoms with Gasteiger partial charge in [0.25, 0.3) is 5.69 Å². The van der Waals surface area contributed by atoms with E-state index in [-0.39, 0.29) is 11.6 Å². The normalized spacial score (nSPS) is 11.2. The molecule has 0 fully saturated rings. The van der Waals surface area contributed by atoms with Crippen LogP contribution in [0.1, 0.15) is 23.1 Å². The zero-order chi connectivity index (χ0) is 21.8. The quantitative estimate of drug-likeness (QED) is 0.395. The number of rotatable bonds is 8. The summed E-state index contributed by atoms with van der Waals surface area (Å²) in [5, 5.41) is 11.7. The van der Waals surface area contributed by atoms with Gasteiger partial charge in [-0.25, -0.2) is 4.98 Å². The number of non-ortho nitro benzene ring substituents is 1. The molecule has 0 bridgehead atoms. The summed E-state index contributed by atoms with van der Waals surface area (Å²) < 4.78 is 0.705. The SMILES string of the molecule is Cc1ccc(CC(=O)N(CCCN(C)C)c2nc3ccc([N+](=O)[O-])cc3s2)c(C)c1. The molecule has 0 saturated carbocycles. The van der Waals surface area contributed by atoms with E-state index in [0.717, 1.165) is 24.1 Å². The standard InChI is InChI=1S/C22H26N4O3S/c1-15-6-7-17(16(2)12-15)13-21(27)25(11-5-10-24(3)4)22-23-19-9-8-18(26(28)29)14-20(19)30-22/h6-9,12,14H,5,10-11,13H2,1-4H3. The molecule has 0 aliphatic rings. The van der Waals surface area contributed by atoms with Gasteiger partial charge < -0.3 is 4.90 Å². The number of carbonyl (C=O) groups is 1. The highest BCUT2D eigenvalue weighted by atomic mass is 32.1. The van der Waals surface area contributed by atoms with Crippen LogP contribution in [-0.4, -0.2) is 47.9 Å². The molecular weight excluding hydrogens is 400 g/mol. The number of thiazole rings is 1. The number of nitro benzene ring substituents is 1. The summed E-state index contributed by atoms with van der Waals surface area (Å²) in [6, 6.07) is 10.7. The number of benzene rings is 2. The lowest BCUT2D eigenvalue weighted by Gasteiger charge is -2.21. The third kappa shape index (κ3) is 5.20. The monoisotopic (exact) mass is 426 g/mol. The molecule has 3 aromatic rings. The first-order valence-corrected chi connectivity index (χ1v) is 10.6. The van der Waals surface area contributed by atoms with Crippen LogP contribution in [0.3, 0.4) is 0 Å². The Morgan fingerprint density at radius 1 is 1.13 bits per heavy atom. The van der Waals surface area contributed by atoms with Gasteiger partial charge in [-0.15, -0.1) is 0 Å². The molecule has 1 amide bonds. The largest absolute Gasteiger partial charge is 0.309 e. The van der Waals surface area contributed by atoms with Gasteiger partial charge in [0.1, 0.15) is 0 Å². The Morgan fingerprint density at radius 2 is 1.90 bits per heavy atom. The number of nitrogens with zero attached hydrogens (tertiary/aromatic N) is 4. The van der Waals surface area contributed by atoms with Gasteiger partial charge in [-0.1, -0.05) is 35.1 Å². The van der Waals surface area contributed by atoms with Crippen LogP contribution < -0.4 is 4.90 Å². The van der Waals surface area contributed by atoms with E-state index in [4.69, 9.17) is 0 Å². The molecule has 0 radical (unpaired) electrons. The van der Waals surface area contributed by atoms with Gasteiger partial charge >= 0.3 is 0 Å². The number of amides is 1. The summed E-state index contributed by atoms with van der Waals surface area (Å²) in [4.78, 5) is 32.3. The summed E-state index contributed by atoms with van der Waals surface area (Å²) in [7, 11) is 4.00. The van der Waals surface area contributed by atoms with E-state index in [1.54, 1.807) is 11.0 Å². The van der Waals surface area contributed by atoms with Crippen molar-refractivity contribution in [2.24, 2.45) is 0 Å². The van der Waals surface area contributed by atoms with Crippen LogP contribution in [0.25, 0.3) is 10.2 Å². The molecule has 2 aromatic carbocycles. The van der Waals surface area contributed by atoms with Crippen LogP contribution in [0.2, 0.25) is 0 Å². The van der Waals surface area contributed by atoms with Gasteiger partial charge in [0, 0.05) is 18.7 Å². The zero-order valence-electron chi connectivity index (χ0n) is 17.7. The number of nitro groups is 1. The number of aryl methyl sites for hydroxylation is 2. The third-order valence-corrected chi connectivity index (χ3v) is 5.97. The molecule has 0 N–H and O–H groups in total. The first-order valence-electron chi connectivity index (χ1n) is 9.81. The van der Waals surface area contributed by atoms with Crippen molar-refractivity contribution < 1.29 is 9.72 Å². The van der Waals surface area contributed by atoms with E-state index >= 15 is 0 Å². The third-order valence-electron chi connectivity index (χ3n) is 4.93. The van der Waals surface area contributed by atoms with Gasteiger partial charge in [-0.05, 0) is 58.1 Å². The van der Waals surface area contributed by atoms with Crippen molar-refractivity contribution in [3.8, 4) is 0 Å². The van der Waals surface area contributed by atoms with Crippen LogP contribution in [0.15, 0.2) is 36.4 Å². The van der Waals surface area contributed by atoms with E-state index in [1.165, 1.54) is 29.0 Å². The smallest absolute Gasteiger partial charge is 0.270 e. The maximum atomic E-state index is 13.2. The molecule has 30 heavy (non-hydrogen) atoms. The van der Waals surface area contributed by atoms with Crippen molar-refractivity contribution in [3.63, 3.8) is 0 Å².